The number of halogens is 1. The van der Waals surface area contributed by atoms with Gasteiger partial charge in [-0.25, -0.2) is 0 Å². The monoisotopic (exact) mass is 270 g/mol. The molecule has 1 aliphatic rings. The number of amides is 1. The molecule has 1 amide bonds. The summed E-state index contributed by atoms with van der Waals surface area (Å²) in [6.07, 6.45) is 1.69. The zero-order valence-corrected chi connectivity index (χ0v) is 11.4. The largest absolute Gasteiger partial charge is 0.491 e. The van der Waals surface area contributed by atoms with Gasteiger partial charge in [-0.2, -0.15) is 0 Å². The lowest BCUT2D eigenvalue weighted by atomic mass is 10.2. The summed E-state index contributed by atoms with van der Waals surface area (Å²) < 4.78 is 5.52. The first-order valence-electron chi connectivity index (χ1n) is 5.87. The van der Waals surface area contributed by atoms with Gasteiger partial charge in [-0.15, -0.1) is 12.4 Å². The van der Waals surface area contributed by atoms with Crippen LogP contribution in [-0.2, 0) is 4.79 Å². The smallest absolute Gasteiger partial charge is 0.244 e. The average molecular weight is 271 g/mol. The molecule has 1 saturated carbocycles. The van der Waals surface area contributed by atoms with Crippen molar-refractivity contribution in [1.29, 1.82) is 0 Å². The van der Waals surface area contributed by atoms with Crippen LogP contribution in [0.5, 0.6) is 5.75 Å². The Morgan fingerprint density at radius 2 is 1.89 bits per heavy atom. The second-order valence-electron chi connectivity index (χ2n) is 4.80. The Kier molecular flexibility index (Phi) is 4.59. The molecule has 100 valence electrons. The van der Waals surface area contributed by atoms with E-state index >= 15 is 0 Å². The van der Waals surface area contributed by atoms with Crippen molar-refractivity contribution in [1.82, 2.24) is 0 Å². The van der Waals surface area contributed by atoms with Gasteiger partial charge in [-0.1, -0.05) is 0 Å². The number of hydrogen-bond donors (Lipinski definition) is 2. The standard InChI is InChI=1S/C13H18N2O2.ClH/c1-9(2)17-11-5-3-10(4-6-11)15-12(16)13(14)7-8-13;/h3-6,9H,7-8,14H2,1-2H3,(H,15,16);1H. The van der Waals surface area contributed by atoms with E-state index in [0.717, 1.165) is 24.3 Å². The maximum absolute atomic E-state index is 11.7. The molecule has 5 heteroatoms. The summed E-state index contributed by atoms with van der Waals surface area (Å²) in [6.45, 7) is 3.95. The zero-order chi connectivity index (χ0) is 12.5. The SMILES string of the molecule is CC(C)Oc1ccc(NC(=O)C2(N)CC2)cc1.Cl. The Hall–Kier alpha value is -1.26. The molecule has 0 spiro atoms. The first kappa shape index (κ1) is 14.8. The van der Waals surface area contributed by atoms with Crippen LogP contribution in [0.2, 0.25) is 0 Å². The van der Waals surface area contributed by atoms with Gasteiger partial charge >= 0.3 is 0 Å². The fraction of sp³-hybridized carbons (Fsp3) is 0.462. The number of rotatable bonds is 4. The number of ether oxygens (including phenoxy) is 1. The van der Waals surface area contributed by atoms with Crippen LogP contribution in [0.25, 0.3) is 0 Å². The molecule has 0 bridgehead atoms. The Morgan fingerprint density at radius 3 is 2.33 bits per heavy atom. The molecule has 18 heavy (non-hydrogen) atoms. The van der Waals surface area contributed by atoms with E-state index in [1.54, 1.807) is 0 Å². The van der Waals surface area contributed by atoms with Gasteiger partial charge < -0.3 is 15.8 Å². The number of carbonyl (C=O) groups excluding carboxylic acids is 1. The minimum atomic E-state index is -0.632. The van der Waals surface area contributed by atoms with E-state index in [2.05, 4.69) is 5.32 Å². The van der Waals surface area contributed by atoms with Gasteiger partial charge in [0.1, 0.15) is 5.75 Å². The van der Waals surface area contributed by atoms with E-state index in [1.165, 1.54) is 0 Å². The van der Waals surface area contributed by atoms with Gasteiger partial charge in [0.05, 0.1) is 11.6 Å². The molecule has 0 atom stereocenters. The minimum absolute atomic E-state index is 0. The molecule has 4 nitrogen and oxygen atoms in total. The molecule has 0 saturated heterocycles. The maximum Gasteiger partial charge on any atom is 0.244 e. The van der Waals surface area contributed by atoms with Crippen molar-refractivity contribution in [3.63, 3.8) is 0 Å². The molecule has 0 radical (unpaired) electrons. The van der Waals surface area contributed by atoms with Gasteiger partial charge in [0.25, 0.3) is 0 Å². The predicted molar refractivity (Wildman–Crippen MR) is 74.2 cm³/mol. The van der Waals surface area contributed by atoms with Crippen LogP contribution < -0.4 is 15.8 Å². The summed E-state index contributed by atoms with van der Waals surface area (Å²) in [5.41, 5.74) is 5.92. The number of hydrogen-bond acceptors (Lipinski definition) is 3. The zero-order valence-electron chi connectivity index (χ0n) is 10.6. The summed E-state index contributed by atoms with van der Waals surface area (Å²) in [4.78, 5) is 11.7. The number of anilines is 1. The first-order chi connectivity index (χ1) is 7.99. The Balaban J connectivity index is 0.00000162. The van der Waals surface area contributed by atoms with E-state index in [1.807, 2.05) is 38.1 Å². The second kappa shape index (κ2) is 5.59. The lowest BCUT2D eigenvalue weighted by Gasteiger charge is -2.12. The molecule has 1 fully saturated rings. The highest BCUT2D eigenvalue weighted by atomic mass is 35.5. The van der Waals surface area contributed by atoms with Crippen molar-refractivity contribution >= 4 is 24.0 Å². The van der Waals surface area contributed by atoms with Gasteiger partial charge in [0.15, 0.2) is 0 Å². The van der Waals surface area contributed by atoms with Crippen LogP contribution >= 0.6 is 12.4 Å². The number of nitrogens with one attached hydrogen (secondary N) is 1. The molecule has 2 rings (SSSR count). The molecule has 0 aliphatic heterocycles. The van der Waals surface area contributed by atoms with Crippen molar-refractivity contribution in [3.05, 3.63) is 24.3 Å². The van der Waals surface area contributed by atoms with Crippen LogP contribution in [0.15, 0.2) is 24.3 Å². The summed E-state index contributed by atoms with van der Waals surface area (Å²) in [7, 11) is 0. The van der Waals surface area contributed by atoms with E-state index in [4.69, 9.17) is 10.5 Å². The number of carbonyl (C=O) groups is 1. The quantitative estimate of drug-likeness (QED) is 0.883. The fourth-order valence-corrected chi connectivity index (χ4v) is 1.51. The molecule has 0 unspecified atom stereocenters. The third kappa shape index (κ3) is 3.62. The molecular formula is C13H19ClN2O2. The van der Waals surface area contributed by atoms with Crippen LogP contribution in [0.4, 0.5) is 5.69 Å². The Labute approximate surface area is 113 Å². The van der Waals surface area contributed by atoms with Crippen molar-refractivity contribution < 1.29 is 9.53 Å². The lowest BCUT2D eigenvalue weighted by molar-refractivity contribution is -0.118. The normalized spacial score (nSPS) is 15.8. The third-order valence-electron chi connectivity index (χ3n) is 2.72. The van der Waals surface area contributed by atoms with Gasteiger partial charge in [0, 0.05) is 5.69 Å². The highest BCUT2D eigenvalue weighted by molar-refractivity contribution is 6.00. The summed E-state index contributed by atoms with van der Waals surface area (Å²) in [5, 5.41) is 2.81. The van der Waals surface area contributed by atoms with Crippen LogP contribution in [0, 0.1) is 0 Å². The highest BCUT2D eigenvalue weighted by Crippen LogP contribution is 2.33. The molecule has 0 aromatic heterocycles. The maximum atomic E-state index is 11.7. The second-order valence-corrected chi connectivity index (χ2v) is 4.80. The van der Waals surface area contributed by atoms with E-state index in [0.29, 0.717) is 0 Å². The number of nitrogens with two attached hydrogens (primary N) is 1. The lowest BCUT2D eigenvalue weighted by Crippen LogP contribution is -2.37. The van der Waals surface area contributed by atoms with Crippen LogP contribution in [-0.4, -0.2) is 17.6 Å². The molecule has 1 aromatic rings. The summed E-state index contributed by atoms with van der Waals surface area (Å²) in [5.74, 6) is 0.696. The Bertz CT molecular complexity index is 414. The van der Waals surface area contributed by atoms with E-state index in [-0.39, 0.29) is 24.4 Å². The molecule has 1 aromatic carbocycles. The summed E-state index contributed by atoms with van der Waals surface area (Å²) >= 11 is 0. The predicted octanol–water partition coefficient (Wildman–Crippen LogP) is 2.33. The minimum Gasteiger partial charge on any atom is -0.491 e. The van der Waals surface area contributed by atoms with Crippen molar-refractivity contribution in [2.45, 2.75) is 38.3 Å². The molecule has 1 aliphatic carbocycles. The third-order valence-corrected chi connectivity index (χ3v) is 2.72. The van der Waals surface area contributed by atoms with Crippen molar-refractivity contribution in [3.8, 4) is 5.75 Å². The Morgan fingerprint density at radius 1 is 1.33 bits per heavy atom. The van der Waals surface area contributed by atoms with E-state index < -0.39 is 5.54 Å². The average Bonchev–Trinajstić information content (AvgIpc) is 3.00. The first-order valence-corrected chi connectivity index (χ1v) is 5.87. The van der Waals surface area contributed by atoms with Gasteiger partial charge in [-0.05, 0) is 51.0 Å². The fourth-order valence-electron chi connectivity index (χ4n) is 1.51. The van der Waals surface area contributed by atoms with E-state index in [9.17, 15) is 4.79 Å². The van der Waals surface area contributed by atoms with Crippen molar-refractivity contribution in [2.24, 2.45) is 5.73 Å². The van der Waals surface area contributed by atoms with Gasteiger partial charge in [-0.3, -0.25) is 4.79 Å². The van der Waals surface area contributed by atoms with Gasteiger partial charge in [0.2, 0.25) is 5.91 Å². The highest BCUT2D eigenvalue weighted by Gasteiger charge is 2.45. The van der Waals surface area contributed by atoms with Crippen LogP contribution in [0.3, 0.4) is 0 Å². The molecule has 3 N–H and O–H groups in total. The summed E-state index contributed by atoms with van der Waals surface area (Å²) in [6, 6.07) is 7.32. The van der Waals surface area contributed by atoms with Crippen molar-refractivity contribution in [2.75, 3.05) is 5.32 Å². The number of benzene rings is 1. The molecule has 0 heterocycles. The topological polar surface area (TPSA) is 64.3 Å². The van der Waals surface area contributed by atoms with Crippen LogP contribution in [0.1, 0.15) is 26.7 Å². The molecular weight excluding hydrogens is 252 g/mol.